The van der Waals surface area contributed by atoms with Gasteiger partial charge in [0.2, 0.25) is 0 Å². The second-order valence-electron chi connectivity index (χ2n) is 6.27. The molecule has 132 valence electrons. The second-order valence-corrected chi connectivity index (χ2v) is 7.12. The van der Waals surface area contributed by atoms with Crippen molar-refractivity contribution in [2.45, 2.75) is 19.5 Å². The smallest absolute Gasteiger partial charge is 0.407 e. The molecule has 0 saturated carbocycles. The lowest BCUT2D eigenvalue weighted by molar-refractivity contribution is 0.139. The number of halogens is 1. The van der Waals surface area contributed by atoms with Crippen molar-refractivity contribution in [3.63, 3.8) is 0 Å². The van der Waals surface area contributed by atoms with Crippen molar-refractivity contribution < 1.29 is 9.90 Å². The number of rotatable bonds is 2. The van der Waals surface area contributed by atoms with Gasteiger partial charge in [-0.15, -0.1) is 0 Å². The molecule has 7 heteroatoms. The first-order valence-electron chi connectivity index (χ1n) is 8.27. The number of fused-ring (bicyclic) bond motifs is 3. The van der Waals surface area contributed by atoms with Crippen LogP contribution in [0, 0.1) is 0 Å². The van der Waals surface area contributed by atoms with Crippen LogP contribution in [0.5, 0.6) is 0 Å². The van der Waals surface area contributed by atoms with E-state index in [1.165, 1.54) is 4.90 Å². The lowest BCUT2D eigenvalue weighted by Crippen LogP contribution is -2.40. The Morgan fingerprint density at radius 2 is 2.00 bits per heavy atom. The minimum absolute atomic E-state index is 0.115. The van der Waals surface area contributed by atoms with Crippen LogP contribution in [-0.2, 0) is 19.5 Å². The third-order valence-corrected chi connectivity index (χ3v) is 5.55. The zero-order chi connectivity index (χ0) is 18.3. The molecule has 2 aromatic heterocycles. The summed E-state index contributed by atoms with van der Waals surface area (Å²) in [5.41, 5.74) is 2.89. The van der Waals surface area contributed by atoms with Gasteiger partial charge in [0, 0.05) is 28.2 Å². The molecule has 0 bridgehead atoms. The van der Waals surface area contributed by atoms with E-state index in [-0.39, 0.29) is 12.1 Å². The highest BCUT2D eigenvalue weighted by molar-refractivity contribution is 9.10. The van der Waals surface area contributed by atoms with Crippen molar-refractivity contribution in [2.24, 2.45) is 0 Å². The van der Waals surface area contributed by atoms with Gasteiger partial charge in [-0.1, -0.05) is 34.1 Å². The molecule has 1 aliphatic heterocycles. The fraction of sp³-hybridized carbons (Fsp3) is 0.211. The van der Waals surface area contributed by atoms with Crippen molar-refractivity contribution in [2.75, 3.05) is 6.54 Å². The lowest BCUT2D eigenvalue weighted by Gasteiger charge is -2.27. The molecule has 0 unspecified atom stereocenters. The maximum atomic E-state index is 13.2. The minimum Gasteiger partial charge on any atom is -0.465 e. The van der Waals surface area contributed by atoms with Crippen LogP contribution in [0.15, 0.2) is 51.9 Å². The Morgan fingerprint density at radius 3 is 2.77 bits per heavy atom. The molecular weight excluding hydrogens is 398 g/mol. The number of pyridine rings is 2. The van der Waals surface area contributed by atoms with Crippen LogP contribution >= 0.6 is 15.9 Å². The topological polar surface area (TPSA) is 75.4 Å². The van der Waals surface area contributed by atoms with Gasteiger partial charge in [0.15, 0.2) is 0 Å². The van der Waals surface area contributed by atoms with Crippen molar-refractivity contribution in [1.29, 1.82) is 0 Å². The average Bonchev–Trinajstić information content (AvgIpc) is 2.66. The Labute approximate surface area is 157 Å². The van der Waals surface area contributed by atoms with E-state index in [1.807, 2.05) is 36.4 Å². The lowest BCUT2D eigenvalue weighted by atomic mass is 9.97. The number of nitrogens with zero attached hydrogens (tertiary/aromatic N) is 3. The summed E-state index contributed by atoms with van der Waals surface area (Å²) in [5.74, 6) is 0. The van der Waals surface area contributed by atoms with Crippen LogP contribution in [0.1, 0.15) is 16.7 Å². The highest BCUT2D eigenvalue weighted by Gasteiger charge is 2.26. The van der Waals surface area contributed by atoms with Gasteiger partial charge >= 0.3 is 6.09 Å². The number of aromatic nitrogens is 2. The molecular formula is C19H16BrN3O3. The maximum absolute atomic E-state index is 13.2. The summed E-state index contributed by atoms with van der Waals surface area (Å²) < 4.78 is 2.56. The van der Waals surface area contributed by atoms with E-state index in [9.17, 15) is 14.7 Å². The Bertz CT molecular complexity index is 1080. The molecule has 0 fully saturated rings. The minimum atomic E-state index is -1.00. The molecule has 1 amide bonds. The SMILES string of the molecule is O=C(O)N1CCc2c(c(=O)n(Cc3ccccc3Br)c3ncccc23)C1. The molecule has 3 aromatic rings. The summed E-state index contributed by atoms with van der Waals surface area (Å²) in [4.78, 5) is 30.3. The normalized spacial score (nSPS) is 13.7. The molecule has 1 aromatic carbocycles. The molecule has 6 nitrogen and oxygen atoms in total. The fourth-order valence-electron chi connectivity index (χ4n) is 3.47. The van der Waals surface area contributed by atoms with Gasteiger partial charge in [-0.3, -0.25) is 9.36 Å². The molecule has 26 heavy (non-hydrogen) atoms. The summed E-state index contributed by atoms with van der Waals surface area (Å²) in [6, 6.07) is 11.5. The molecule has 0 aliphatic carbocycles. The number of carbonyl (C=O) groups is 1. The van der Waals surface area contributed by atoms with Gasteiger partial charge in [0.1, 0.15) is 5.65 Å². The van der Waals surface area contributed by atoms with E-state index in [2.05, 4.69) is 20.9 Å². The molecule has 3 heterocycles. The Balaban J connectivity index is 1.93. The Morgan fingerprint density at radius 1 is 1.19 bits per heavy atom. The van der Waals surface area contributed by atoms with Gasteiger partial charge in [0.05, 0.1) is 13.1 Å². The number of amides is 1. The van der Waals surface area contributed by atoms with Crippen LogP contribution in [0.2, 0.25) is 0 Å². The first-order chi connectivity index (χ1) is 12.6. The van der Waals surface area contributed by atoms with E-state index in [1.54, 1.807) is 10.8 Å². The quantitative estimate of drug-likeness (QED) is 0.699. The van der Waals surface area contributed by atoms with Gasteiger partial charge in [-0.25, -0.2) is 9.78 Å². The van der Waals surface area contributed by atoms with Crippen LogP contribution in [0.3, 0.4) is 0 Å². The van der Waals surface area contributed by atoms with E-state index in [0.717, 1.165) is 21.0 Å². The van der Waals surface area contributed by atoms with E-state index in [4.69, 9.17) is 0 Å². The summed E-state index contributed by atoms with van der Waals surface area (Å²) in [6.07, 6.45) is 1.20. The highest BCUT2D eigenvalue weighted by Crippen LogP contribution is 2.25. The molecule has 0 atom stereocenters. The van der Waals surface area contributed by atoms with Crippen LogP contribution in [0.25, 0.3) is 11.0 Å². The molecule has 1 N–H and O–H groups in total. The van der Waals surface area contributed by atoms with Crippen molar-refractivity contribution in [3.8, 4) is 0 Å². The van der Waals surface area contributed by atoms with E-state index in [0.29, 0.717) is 30.7 Å². The third kappa shape index (κ3) is 2.78. The molecule has 0 spiro atoms. The summed E-state index contributed by atoms with van der Waals surface area (Å²) in [7, 11) is 0. The standard InChI is InChI=1S/C19H16BrN3O3/c20-16-6-2-1-4-12(16)10-23-17-14(5-3-8-21-17)13-7-9-22(19(25)26)11-15(13)18(23)24/h1-6,8H,7,9-11H2,(H,25,26). The average molecular weight is 414 g/mol. The van der Waals surface area contributed by atoms with Crippen molar-refractivity contribution in [3.05, 3.63) is 74.1 Å². The third-order valence-electron chi connectivity index (χ3n) is 4.77. The summed E-state index contributed by atoms with van der Waals surface area (Å²) >= 11 is 3.52. The van der Waals surface area contributed by atoms with Crippen molar-refractivity contribution >= 4 is 33.1 Å². The predicted octanol–water partition coefficient (Wildman–Crippen LogP) is 3.24. The number of hydrogen-bond acceptors (Lipinski definition) is 3. The summed E-state index contributed by atoms with van der Waals surface area (Å²) in [6.45, 7) is 0.873. The van der Waals surface area contributed by atoms with Crippen molar-refractivity contribution in [1.82, 2.24) is 14.5 Å². The summed E-state index contributed by atoms with van der Waals surface area (Å²) in [5, 5.41) is 10.2. The Hall–Kier alpha value is -2.67. The molecule has 0 radical (unpaired) electrons. The number of benzene rings is 1. The second kappa shape index (κ2) is 6.57. The first-order valence-corrected chi connectivity index (χ1v) is 9.06. The van der Waals surface area contributed by atoms with Crippen LogP contribution < -0.4 is 5.56 Å². The van der Waals surface area contributed by atoms with Crippen LogP contribution in [0.4, 0.5) is 4.79 Å². The number of carboxylic acid groups (broad SMARTS) is 1. The van der Waals surface area contributed by atoms with Gasteiger partial charge < -0.3 is 10.0 Å². The Kier molecular flexibility index (Phi) is 4.24. The molecule has 1 aliphatic rings. The zero-order valence-corrected chi connectivity index (χ0v) is 15.4. The van der Waals surface area contributed by atoms with Gasteiger partial charge in [-0.05, 0) is 35.7 Å². The number of hydrogen-bond donors (Lipinski definition) is 1. The van der Waals surface area contributed by atoms with Crippen LogP contribution in [-0.4, -0.2) is 32.2 Å². The highest BCUT2D eigenvalue weighted by atomic mass is 79.9. The molecule has 4 rings (SSSR count). The fourth-order valence-corrected chi connectivity index (χ4v) is 3.88. The first kappa shape index (κ1) is 16.8. The molecule has 0 saturated heterocycles. The van der Waals surface area contributed by atoms with E-state index < -0.39 is 6.09 Å². The maximum Gasteiger partial charge on any atom is 0.407 e. The zero-order valence-electron chi connectivity index (χ0n) is 13.9. The van der Waals surface area contributed by atoms with Gasteiger partial charge in [-0.2, -0.15) is 0 Å². The predicted molar refractivity (Wildman–Crippen MR) is 101 cm³/mol. The van der Waals surface area contributed by atoms with E-state index >= 15 is 0 Å². The monoisotopic (exact) mass is 413 g/mol. The van der Waals surface area contributed by atoms with Gasteiger partial charge in [0.25, 0.3) is 5.56 Å². The largest absolute Gasteiger partial charge is 0.465 e.